The van der Waals surface area contributed by atoms with E-state index >= 15 is 0 Å². The maximum atomic E-state index is 4.76. The Balaban J connectivity index is 1.68. The van der Waals surface area contributed by atoms with E-state index in [2.05, 4.69) is 40.5 Å². The third-order valence-electron chi connectivity index (χ3n) is 4.27. The number of pyridine rings is 2. The molecule has 4 aromatic rings. The summed E-state index contributed by atoms with van der Waals surface area (Å²) in [5, 5.41) is 5.42. The minimum atomic E-state index is 0.685. The molecule has 5 rings (SSSR count). The van der Waals surface area contributed by atoms with Gasteiger partial charge in [0.2, 0.25) is 0 Å². The van der Waals surface area contributed by atoms with Crippen LogP contribution in [0.1, 0.15) is 24.5 Å². The zero-order chi connectivity index (χ0) is 13.8. The number of aromatic nitrogens is 4. The minimum Gasteiger partial charge on any atom is -0.346 e. The van der Waals surface area contributed by atoms with Crippen LogP contribution in [0.5, 0.6) is 0 Å². The molecule has 1 saturated carbocycles. The fraction of sp³-hybridized carbons (Fsp3) is 0.176. The highest BCUT2D eigenvalue weighted by atomic mass is 15.2. The predicted molar refractivity (Wildman–Crippen MR) is 82.3 cm³/mol. The fourth-order valence-electron chi connectivity index (χ4n) is 2.95. The van der Waals surface area contributed by atoms with Crippen molar-refractivity contribution in [3.05, 3.63) is 54.6 Å². The van der Waals surface area contributed by atoms with E-state index in [1.807, 2.05) is 23.0 Å². The Hall–Kier alpha value is -2.62. The lowest BCUT2D eigenvalue weighted by Gasteiger charge is -2.02. The van der Waals surface area contributed by atoms with Gasteiger partial charge < -0.3 is 4.98 Å². The van der Waals surface area contributed by atoms with Crippen molar-refractivity contribution < 1.29 is 0 Å². The molecule has 0 spiro atoms. The van der Waals surface area contributed by atoms with Crippen LogP contribution in [0.3, 0.4) is 0 Å². The molecule has 0 unspecified atom stereocenters. The second kappa shape index (κ2) is 3.95. The molecule has 0 amide bonds. The monoisotopic (exact) mass is 274 g/mol. The average Bonchev–Trinajstić information content (AvgIpc) is 3.11. The van der Waals surface area contributed by atoms with Crippen molar-refractivity contribution in [2.24, 2.45) is 0 Å². The highest BCUT2D eigenvalue weighted by Gasteiger charge is 2.25. The van der Waals surface area contributed by atoms with E-state index in [1.165, 1.54) is 35.0 Å². The van der Waals surface area contributed by atoms with Crippen molar-refractivity contribution in [3.63, 3.8) is 0 Å². The average molecular weight is 274 g/mol. The van der Waals surface area contributed by atoms with Crippen molar-refractivity contribution in [1.29, 1.82) is 0 Å². The van der Waals surface area contributed by atoms with Gasteiger partial charge >= 0.3 is 0 Å². The minimum absolute atomic E-state index is 0.685. The number of rotatable bonds is 2. The maximum absolute atomic E-state index is 4.76. The van der Waals surface area contributed by atoms with Crippen molar-refractivity contribution in [1.82, 2.24) is 19.6 Å². The molecule has 0 aliphatic heterocycles. The van der Waals surface area contributed by atoms with Crippen LogP contribution in [0.25, 0.3) is 27.7 Å². The Kier molecular flexibility index (Phi) is 2.08. The van der Waals surface area contributed by atoms with E-state index in [-0.39, 0.29) is 0 Å². The van der Waals surface area contributed by atoms with Crippen molar-refractivity contribution >= 4 is 16.6 Å². The van der Waals surface area contributed by atoms with Crippen LogP contribution in [0, 0.1) is 0 Å². The highest BCUT2D eigenvalue weighted by Crippen LogP contribution is 2.40. The van der Waals surface area contributed by atoms with Crippen LogP contribution in [0.4, 0.5) is 0 Å². The summed E-state index contributed by atoms with van der Waals surface area (Å²) in [6.45, 7) is 0. The van der Waals surface area contributed by atoms with Crippen LogP contribution in [-0.2, 0) is 0 Å². The van der Waals surface area contributed by atoms with Gasteiger partial charge in [0.15, 0.2) is 0 Å². The molecule has 4 aromatic heterocycles. The summed E-state index contributed by atoms with van der Waals surface area (Å²) >= 11 is 0. The van der Waals surface area contributed by atoms with Gasteiger partial charge in [-0.25, -0.2) is 9.50 Å². The first-order chi connectivity index (χ1) is 10.4. The first-order valence-corrected chi connectivity index (χ1v) is 7.30. The summed E-state index contributed by atoms with van der Waals surface area (Å²) in [6, 6.07) is 10.6. The second-order valence-electron chi connectivity index (χ2n) is 5.72. The molecule has 4 heterocycles. The zero-order valence-electron chi connectivity index (χ0n) is 11.5. The molecule has 21 heavy (non-hydrogen) atoms. The van der Waals surface area contributed by atoms with Gasteiger partial charge in [-0.2, -0.15) is 5.10 Å². The predicted octanol–water partition coefficient (Wildman–Crippen LogP) is 3.76. The van der Waals surface area contributed by atoms with Gasteiger partial charge in [-0.15, -0.1) is 0 Å². The van der Waals surface area contributed by atoms with Crippen LogP contribution >= 0.6 is 0 Å². The Morgan fingerprint density at radius 3 is 3.00 bits per heavy atom. The lowest BCUT2D eigenvalue weighted by atomic mass is 10.1. The summed E-state index contributed by atoms with van der Waals surface area (Å²) in [4.78, 5) is 8.08. The lowest BCUT2D eigenvalue weighted by Crippen LogP contribution is -1.87. The molecule has 1 aliphatic carbocycles. The summed E-state index contributed by atoms with van der Waals surface area (Å²) in [6.07, 6.45) is 8.43. The Labute approximate surface area is 121 Å². The Morgan fingerprint density at radius 2 is 2.10 bits per heavy atom. The molecule has 1 aliphatic rings. The summed E-state index contributed by atoms with van der Waals surface area (Å²) in [5.74, 6) is 0.685. The van der Waals surface area contributed by atoms with Gasteiger partial charge in [0, 0.05) is 41.2 Å². The highest BCUT2D eigenvalue weighted by molar-refractivity contribution is 5.94. The lowest BCUT2D eigenvalue weighted by molar-refractivity contribution is 0.962. The van der Waals surface area contributed by atoms with E-state index < -0.39 is 0 Å². The molecule has 4 nitrogen and oxygen atoms in total. The third kappa shape index (κ3) is 1.69. The molecule has 102 valence electrons. The molecule has 0 saturated heterocycles. The van der Waals surface area contributed by atoms with Crippen LogP contribution in [0.15, 0.2) is 48.9 Å². The Morgan fingerprint density at radius 1 is 1.14 bits per heavy atom. The fourth-order valence-corrected chi connectivity index (χ4v) is 2.95. The molecular formula is C17H14N4. The van der Waals surface area contributed by atoms with Crippen molar-refractivity contribution in [2.75, 3.05) is 0 Å². The van der Waals surface area contributed by atoms with Gasteiger partial charge in [0.05, 0.1) is 5.52 Å². The van der Waals surface area contributed by atoms with Gasteiger partial charge in [-0.05, 0) is 48.7 Å². The quantitative estimate of drug-likeness (QED) is 0.605. The second-order valence-corrected chi connectivity index (χ2v) is 5.72. The standard InChI is InChI=1S/C17H14N4/c1-2-11(1)16-4-3-14-15(10-18-17(14)20-16)12-6-8-21-13(9-12)5-7-19-21/h3-11H,1-2H2,(H,18,20). The van der Waals surface area contributed by atoms with Gasteiger partial charge in [0.1, 0.15) is 5.65 Å². The summed E-state index contributed by atoms with van der Waals surface area (Å²) in [5.41, 5.74) is 5.70. The van der Waals surface area contributed by atoms with Crippen LogP contribution < -0.4 is 0 Å². The molecule has 1 fully saturated rings. The molecule has 0 atom stereocenters. The third-order valence-corrected chi connectivity index (χ3v) is 4.27. The van der Waals surface area contributed by atoms with Gasteiger partial charge in [0.25, 0.3) is 0 Å². The number of aromatic amines is 1. The number of nitrogens with zero attached hydrogens (tertiary/aromatic N) is 3. The number of H-pyrrole nitrogens is 1. The topological polar surface area (TPSA) is 46.0 Å². The Bertz CT molecular complexity index is 959. The van der Waals surface area contributed by atoms with Crippen LogP contribution in [-0.4, -0.2) is 19.6 Å². The zero-order valence-corrected chi connectivity index (χ0v) is 11.5. The molecule has 1 N–H and O–H groups in total. The smallest absolute Gasteiger partial charge is 0.138 e. The maximum Gasteiger partial charge on any atom is 0.138 e. The van der Waals surface area contributed by atoms with E-state index in [0.29, 0.717) is 5.92 Å². The number of nitrogens with one attached hydrogen (secondary N) is 1. The molecular weight excluding hydrogens is 260 g/mol. The van der Waals surface area contributed by atoms with E-state index in [0.717, 1.165) is 11.2 Å². The first kappa shape index (κ1) is 11.1. The molecule has 4 heteroatoms. The molecule has 0 radical (unpaired) electrons. The molecule has 0 bridgehead atoms. The SMILES string of the molecule is c1cc2cc(-c3c[nH]c4nc(C5CC5)ccc34)ccn2n1. The number of hydrogen-bond donors (Lipinski definition) is 1. The van der Waals surface area contributed by atoms with Gasteiger partial charge in [-0.3, -0.25) is 0 Å². The molecule has 0 aromatic carbocycles. The summed E-state index contributed by atoms with van der Waals surface area (Å²) < 4.78 is 1.88. The van der Waals surface area contributed by atoms with E-state index in [4.69, 9.17) is 4.98 Å². The normalized spacial score (nSPS) is 15.0. The van der Waals surface area contributed by atoms with E-state index in [9.17, 15) is 0 Å². The number of hydrogen-bond acceptors (Lipinski definition) is 2. The summed E-state index contributed by atoms with van der Waals surface area (Å²) in [7, 11) is 0. The van der Waals surface area contributed by atoms with E-state index in [1.54, 1.807) is 0 Å². The number of fused-ring (bicyclic) bond motifs is 2. The van der Waals surface area contributed by atoms with Crippen molar-refractivity contribution in [2.45, 2.75) is 18.8 Å². The van der Waals surface area contributed by atoms with Crippen molar-refractivity contribution in [3.8, 4) is 11.1 Å². The van der Waals surface area contributed by atoms with Gasteiger partial charge in [-0.1, -0.05) is 0 Å². The van der Waals surface area contributed by atoms with Crippen LogP contribution in [0.2, 0.25) is 0 Å². The largest absolute Gasteiger partial charge is 0.346 e. The first-order valence-electron chi connectivity index (χ1n) is 7.30.